The summed E-state index contributed by atoms with van der Waals surface area (Å²) in [5.74, 6) is 0.0666. The summed E-state index contributed by atoms with van der Waals surface area (Å²) in [5.41, 5.74) is -0.966. The quantitative estimate of drug-likeness (QED) is 0.684. The monoisotopic (exact) mass is 184 g/mol. The highest BCUT2D eigenvalue weighted by atomic mass is 16.3. The Balaban J connectivity index is 2.55. The van der Waals surface area contributed by atoms with Crippen LogP contribution in [0.25, 0.3) is 0 Å². The average Bonchev–Trinajstić information content (AvgIpc) is 2.32. The summed E-state index contributed by atoms with van der Waals surface area (Å²) in [6.07, 6.45) is 7.11. The molecule has 1 aliphatic rings. The highest BCUT2D eigenvalue weighted by molar-refractivity contribution is 5.86. The van der Waals surface area contributed by atoms with Crippen molar-refractivity contribution < 1.29 is 9.90 Å². The molecule has 0 heterocycles. The van der Waals surface area contributed by atoms with Gasteiger partial charge in [-0.3, -0.25) is 4.79 Å². The molecule has 0 aliphatic heterocycles. The van der Waals surface area contributed by atoms with E-state index in [4.69, 9.17) is 0 Å². The Morgan fingerprint density at radius 3 is 2.23 bits per heavy atom. The number of Topliss-reactive ketones (excluding diaryl/α,β-unsaturated/α-hetero) is 1. The Labute approximate surface area is 80.3 Å². The Hall–Kier alpha value is -0.370. The first kappa shape index (κ1) is 10.7. The van der Waals surface area contributed by atoms with Gasteiger partial charge in [-0.2, -0.15) is 0 Å². The molecule has 0 atom stereocenters. The van der Waals surface area contributed by atoms with Crippen molar-refractivity contribution in [2.75, 3.05) is 0 Å². The highest BCUT2D eigenvalue weighted by Crippen LogP contribution is 2.28. The molecular weight excluding hydrogens is 164 g/mol. The Kier molecular flexibility index (Phi) is 3.91. The topological polar surface area (TPSA) is 37.3 Å². The van der Waals surface area contributed by atoms with Crippen LogP contribution in [0.1, 0.15) is 58.3 Å². The lowest BCUT2D eigenvalue weighted by Gasteiger charge is -2.24. The summed E-state index contributed by atoms with van der Waals surface area (Å²) in [5, 5.41) is 10.1. The van der Waals surface area contributed by atoms with E-state index in [1.54, 1.807) is 0 Å². The maximum atomic E-state index is 11.6. The summed E-state index contributed by atoms with van der Waals surface area (Å²) in [6.45, 7) is 1.98. The molecule has 2 nitrogen and oxygen atoms in total. The van der Waals surface area contributed by atoms with Crippen molar-refractivity contribution >= 4 is 5.78 Å². The van der Waals surface area contributed by atoms with Crippen LogP contribution in [0.15, 0.2) is 0 Å². The van der Waals surface area contributed by atoms with Gasteiger partial charge in [0.25, 0.3) is 0 Å². The van der Waals surface area contributed by atoms with E-state index in [1.807, 2.05) is 6.92 Å². The molecule has 0 radical (unpaired) electrons. The number of rotatable bonds is 3. The van der Waals surface area contributed by atoms with E-state index < -0.39 is 5.60 Å². The second-order valence-electron chi connectivity index (χ2n) is 4.12. The molecule has 0 bridgehead atoms. The molecule has 1 aliphatic carbocycles. The zero-order chi connectivity index (χ0) is 9.73. The molecule has 2 heteroatoms. The van der Waals surface area contributed by atoms with E-state index in [-0.39, 0.29) is 5.78 Å². The van der Waals surface area contributed by atoms with Gasteiger partial charge in [-0.05, 0) is 19.3 Å². The lowest BCUT2D eigenvalue weighted by Crippen LogP contribution is -2.37. The van der Waals surface area contributed by atoms with Crippen LogP contribution in [0.5, 0.6) is 0 Å². The predicted molar refractivity (Wildman–Crippen MR) is 52.6 cm³/mol. The SMILES string of the molecule is CCCC(=O)C1(O)CCCCCC1. The summed E-state index contributed by atoms with van der Waals surface area (Å²) >= 11 is 0. The van der Waals surface area contributed by atoms with Crippen LogP contribution in [0.3, 0.4) is 0 Å². The molecule has 13 heavy (non-hydrogen) atoms. The van der Waals surface area contributed by atoms with Gasteiger partial charge in [0.05, 0.1) is 0 Å². The molecule has 1 saturated carbocycles. The first-order valence-electron chi connectivity index (χ1n) is 5.45. The lowest BCUT2D eigenvalue weighted by molar-refractivity contribution is -0.138. The molecule has 0 saturated heterocycles. The van der Waals surface area contributed by atoms with Gasteiger partial charge in [-0.1, -0.05) is 32.6 Å². The zero-order valence-electron chi connectivity index (χ0n) is 8.51. The van der Waals surface area contributed by atoms with Crippen molar-refractivity contribution in [1.82, 2.24) is 0 Å². The van der Waals surface area contributed by atoms with Crippen LogP contribution in [-0.4, -0.2) is 16.5 Å². The number of ketones is 1. The Morgan fingerprint density at radius 2 is 1.77 bits per heavy atom. The first-order chi connectivity index (χ1) is 6.19. The van der Waals surface area contributed by atoms with Crippen LogP contribution in [0.4, 0.5) is 0 Å². The smallest absolute Gasteiger partial charge is 0.164 e. The largest absolute Gasteiger partial charge is 0.382 e. The van der Waals surface area contributed by atoms with Gasteiger partial charge < -0.3 is 5.11 Å². The van der Waals surface area contributed by atoms with Crippen molar-refractivity contribution in [2.45, 2.75) is 63.9 Å². The summed E-state index contributed by atoms with van der Waals surface area (Å²) in [4.78, 5) is 11.6. The zero-order valence-corrected chi connectivity index (χ0v) is 8.51. The minimum atomic E-state index is -0.966. The minimum Gasteiger partial charge on any atom is -0.382 e. The molecule has 0 aromatic carbocycles. The molecule has 1 rings (SSSR count). The van der Waals surface area contributed by atoms with Gasteiger partial charge in [0.2, 0.25) is 0 Å². The maximum Gasteiger partial charge on any atom is 0.164 e. The van der Waals surface area contributed by atoms with E-state index >= 15 is 0 Å². The number of carbonyl (C=O) groups excluding carboxylic acids is 1. The number of hydrogen-bond donors (Lipinski definition) is 1. The summed E-state index contributed by atoms with van der Waals surface area (Å²) < 4.78 is 0. The third kappa shape index (κ3) is 2.80. The number of aliphatic hydroxyl groups is 1. The molecule has 0 amide bonds. The van der Waals surface area contributed by atoms with Gasteiger partial charge in [0.15, 0.2) is 5.78 Å². The lowest BCUT2D eigenvalue weighted by atomic mass is 9.88. The van der Waals surface area contributed by atoms with Crippen LogP contribution in [0, 0.1) is 0 Å². The Bertz CT molecular complexity index is 167. The van der Waals surface area contributed by atoms with Crippen molar-refractivity contribution in [3.8, 4) is 0 Å². The van der Waals surface area contributed by atoms with Crippen molar-refractivity contribution in [3.63, 3.8) is 0 Å². The molecule has 0 spiro atoms. The molecule has 76 valence electrons. The first-order valence-corrected chi connectivity index (χ1v) is 5.45. The van der Waals surface area contributed by atoms with E-state index in [2.05, 4.69) is 0 Å². The second kappa shape index (κ2) is 4.75. The third-order valence-electron chi connectivity index (χ3n) is 2.93. The Morgan fingerprint density at radius 1 is 1.23 bits per heavy atom. The van der Waals surface area contributed by atoms with E-state index in [1.165, 1.54) is 12.8 Å². The van der Waals surface area contributed by atoms with Crippen molar-refractivity contribution in [2.24, 2.45) is 0 Å². The number of carbonyl (C=O) groups is 1. The molecule has 0 aromatic rings. The summed E-state index contributed by atoms with van der Waals surface area (Å²) in [7, 11) is 0. The van der Waals surface area contributed by atoms with Gasteiger partial charge in [0.1, 0.15) is 5.60 Å². The highest BCUT2D eigenvalue weighted by Gasteiger charge is 2.34. The van der Waals surface area contributed by atoms with Crippen molar-refractivity contribution in [3.05, 3.63) is 0 Å². The van der Waals surface area contributed by atoms with Crippen LogP contribution >= 0.6 is 0 Å². The molecule has 0 unspecified atom stereocenters. The van der Waals surface area contributed by atoms with Crippen LogP contribution in [0.2, 0.25) is 0 Å². The molecular formula is C11H20O2. The fourth-order valence-electron chi connectivity index (χ4n) is 2.05. The van der Waals surface area contributed by atoms with Crippen LogP contribution < -0.4 is 0 Å². The fraction of sp³-hybridized carbons (Fsp3) is 0.909. The minimum absolute atomic E-state index is 0.0666. The van der Waals surface area contributed by atoms with Gasteiger partial charge >= 0.3 is 0 Å². The average molecular weight is 184 g/mol. The molecule has 1 N–H and O–H groups in total. The second-order valence-corrected chi connectivity index (χ2v) is 4.12. The standard InChI is InChI=1S/C11H20O2/c1-2-7-10(12)11(13)8-5-3-4-6-9-11/h13H,2-9H2,1H3. The fourth-order valence-corrected chi connectivity index (χ4v) is 2.05. The van der Waals surface area contributed by atoms with Crippen molar-refractivity contribution in [1.29, 1.82) is 0 Å². The van der Waals surface area contributed by atoms with Gasteiger partial charge in [-0.25, -0.2) is 0 Å². The van der Waals surface area contributed by atoms with E-state index in [0.29, 0.717) is 19.3 Å². The van der Waals surface area contributed by atoms with Gasteiger partial charge in [-0.15, -0.1) is 0 Å². The normalized spacial score (nSPS) is 22.3. The molecule has 1 fully saturated rings. The van der Waals surface area contributed by atoms with E-state index in [0.717, 1.165) is 19.3 Å². The van der Waals surface area contributed by atoms with E-state index in [9.17, 15) is 9.90 Å². The molecule has 0 aromatic heterocycles. The summed E-state index contributed by atoms with van der Waals surface area (Å²) in [6, 6.07) is 0. The van der Waals surface area contributed by atoms with Gasteiger partial charge in [0, 0.05) is 6.42 Å². The third-order valence-corrected chi connectivity index (χ3v) is 2.93. The number of hydrogen-bond acceptors (Lipinski definition) is 2. The maximum absolute atomic E-state index is 11.6. The predicted octanol–water partition coefficient (Wildman–Crippen LogP) is 2.44. The van der Waals surface area contributed by atoms with Crippen LogP contribution in [-0.2, 0) is 4.79 Å².